The summed E-state index contributed by atoms with van der Waals surface area (Å²) in [7, 11) is 0. The number of halogens is 2. The van der Waals surface area contributed by atoms with E-state index in [-0.39, 0.29) is 24.8 Å². The second kappa shape index (κ2) is 6.04. The summed E-state index contributed by atoms with van der Waals surface area (Å²) in [6.45, 7) is 9.33. The van der Waals surface area contributed by atoms with Crippen molar-refractivity contribution < 1.29 is 45.1 Å². The van der Waals surface area contributed by atoms with Crippen molar-refractivity contribution in [3.63, 3.8) is 0 Å². The molecule has 0 aromatic heterocycles. The maximum absolute atomic E-state index is 2.54. The van der Waals surface area contributed by atoms with E-state index in [4.69, 9.17) is 0 Å². The molecule has 0 N–H and O–H groups in total. The zero-order valence-corrected chi connectivity index (χ0v) is 16.2. The monoisotopic (exact) mass is 374 g/mol. The number of allylic oxidation sites excluding steroid dienone is 8. The summed E-state index contributed by atoms with van der Waals surface area (Å²) in [5, 5.41) is 0. The van der Waals surface area contributed by atoms with Gasteiger partial charge in [0, 0.05) is 0 Å². The molecule has 0 aromatic carbocycles. The van der Waals surface area contributed by atoms with Crippen LogP contribution >= 0.6 is 0 Å². The maximum atomic E-state index is 2.54. The molecule has 1 unspecified atom stereocenters. The van der Waals surface area contributed by atoms with Gasteiger partial charge in [0.05, 0.1) is 0 Å². The molecule has 1 saturated heterocycles. The smallest absolute Gasteiger partial charge is 1.00 e. The minimum Gasteiger partial charge on any atom is -1.00 e. The Kier molecular flexibility index (Phi) is 5.56. The summed E-state index contributed by atoms with van der Waals surface area (Å²) in [5.74, 6) is 0.745. The van der Waals surface area contributed by atoms with E-state index in [0.717, 1.165) is 5.92 Å². The predicted molar refractivity (Wildman–Crippen MR) is 71.7 cm³/mol. The molecule has 104 valence electrons. The normalized spacial score (nSPS) is 25.5. The molecule has 19 heavy (non-hydrogen) atoms. The van der Waals surface area contributed by atoms with Gasteiger partial charge in [-0.05, 0) is 0 Å². The van der Waals surface area contributed by atoms with Gasteiger partial charge in [-0.1, -0.05) is 0 Å². The van der Waals surface area contributed by atoms with E-state index in [1.54, 1.807) is 19.4 Å². The van der Waals surface area contributed by atoms with Crippen LogP contribution in [0.15, 0.2) is 41.5 Å². The van der Waals surface area contributed by atoms with Gasteiger partial charge in [0.15, 0.2) is 0 Å². The van der Waals surface area contributed by atoms with E-state index in [2.05, 4.69) is 45.9 Å². The van der Waals surface area contributed by atoms with Crippen LogP contribution in [-0.2, 0) is 20.3 Å². The Bertz CT molecular complexity index is 505. The SMILES string of the molecule is CC1=CC(C)[C]([Zr+2]2([C]3=C(C)C=C(C)C3)[CH2][CH2]2)=C1.[Cl-].[Cl-]. The molecule has 0 spiro atoms. The van der Waals surface area contributed by atoms with Crippen LogP contribution in [0.2, 0.25) is 8.26 Å². The van der Waals surface area contributed by atoms with Crippen molar-refractivity contribution in [2.24, 2.45) is 5.92 Å². The first kappa shape index (κ1) is 17.5. The van der Waals surface area contributed by atoms with Gasteiger partial charge in [-0.15, -0.1) is 0 Å². The van der Waals surface area contributed by atoms with Crippen LogP contribution in [0.25, 0.3) is 0 Å². The van der Waals surface area contributed by atoms with Crippen LogP contribution in [-0.4, -0.2) is 0 Å². The molecule has 0 radical (unpaired) electrons. The Morgan fingerprint density at radius 3 is 2.05 bits per heavy atom. The first-order valence-corrected chi connectivity index (χ1v) is 12.7. The Morgan fingerprint density at radius 2 is 1.68 bits per heavy atom. The van der Waals surface area contributed by atoms with E-state index in [1.165, 1.54) is 12.0 Å². The zero-order chi connectivity index (χ0) is 12.2. The molecule has 1 aliphatic heterocycles. The predicted octanol–water partition coefficient (Wildman–Crippen LogP) is -0.898. The fourth-order valence-corrected chi connectivity index (χ4v) is 19.0. The van der Waals surface area contributed by atoms with E-state index < -0.39 is 20.3 Å². The van der Waals surface area contributed by atoms with Crippen molar-refractivity contribution in [3.8, 4) is 0 Å². The molecule has 1 heterocycles. The first-order chi connectivity index (χ1) is 8.03. The Hall–Kier alpha value is 0.423. The van der Waals surface area contributed by atoms with E-state index in [1.807, 2.05) is 6.56 Å². The van der Waals surface area contributed by atoms with Crippen molar-refractivity contribution in [3.05, 3.63) is 41.5 Å². The largest absolute Gasteiger partial charge is 1.00 e. The van der Waals surface area contributed by atoms with Crippen molar-refractivity contribution in [2.75, 3.05) is 0 Å². The minimum absolute atomic E-state index is 0. The average molecular weight is 376 g/mol. The Balaban J connectivity index is 0.000000902. The summed E-state index contributed by atoms with van der Waals surface area (Å²) in [4.78, 5) is 0. The van der Waals surface area contributed by atoms with E-state index in [9.17, 15) is 0 Å². The van der Waals surface area contributed by atoms with Gasteiger partial charge in [-0.25, -0.2) is 0 Å². The summed E-state index contributed by atoms with van der Waals surface area (Å²) >= 11 is -1.99. The molecule has 0 nitrogen and oxygen atoms in total. The van der Waals surface area contributed by atoms with Crippen molar-refractivity contribution in [1.29, 1.82) is 0 Å². The summed E-state index contributed by atoms with van der Waals surface area (Å²) in [6.07, 6.45) is 8.76. The third-order valence-electron chi connectivity index (χ3n) is 4.66. The molecular weight excluding hydrogens is 354 g/mol. The van der Waals surface area contributed by atoms with Gasteiger partial charge < -0.3 is 24.8 Å². The standard InChI is InChI=1S/2C7H9.C2H4.2ClH.Zr/c2*1-6-3-4-7(2)5-6;1-2;;;/h5H,3H2,1-2H3;3,5,7H,1-2H3;1-2H2;2*1H;/q;;;;;+2/p-2. The molecule has 3 heteroatoms. The minimum atomic E-state index is -1.99. The Labute approximate surface area is 134 Å². The molecule has 0 saturated carbocycles. The van der Waals surface area contributed by atoms with Crippen LogP contribution in [0, 0.1) is 5.92 Å². The fraction of sp³-hybridized carbons (Fsp3) is 0.500. The molecule has 1 fully saturated rings. The number of rotatable bonds is 2. The van der Waals surface area contributed by atoms with Gasteiger partial charge in [0.1, 0.15) is 0 Å². The van der Waals surface area contributed by atoms with Gasteiger partial charge >= 0.3 is 110 Å². The van der Waals surface area contributed by atoms with Gasteiger partial charge in [-0.3, -0.25) is 0 Å². The maximum Gasteiger partial charge on any atom is -1.00 e. The first-order valence-electron chi connectivity index (χ1n) is 6.81. The molecule has 0 bridgehead atoms. The van der Waals surface area contributed by atoms with Crippen molar-refractivity contribution >= 4 is 0 Å². The summed E-state index contributed by atoms with van der Waals surface area (Å²) < 4.78 is 6.99. The van der Waals surface area contributed by atoms with Crippen molar-refractivity contribution in [1.82, 2.24) is 0 Å². The summed E-state index contributed by atoms with van der Waals surface area (Å²) in [5.41, 5.74) is 4.74. The molecule has 1 atom stereocenters. The fourth-order valence-electron chi connectivity index (χ4n) is 3.85. The van der Waals surface area contributed by atoms with Gasteiger partial charge in [0.2, 0.25) is 0 Å². The van der Waals surface area contributed by atoms with E-state index in [0.29, 0.717) is 0 Å². The zero-order valence-electron chi connectivity index (χ0n) is 12.2. The van der Waals surface area contributed by atoms with Crippen LogP contribution in [0.3, 0.4) is 0 Å². The number of hydrogen-bond acceptors (Lipinski definition) is 0. The van der Waals surface area contributed by atoms with Crippen molar-refractivity contribution in [2.45, 2.75) is 42.4 Å². The third kappa shape index (κ3) is 2.90. The molecular formula is C16H22Cl2Zr. The number of hydrogen-bond donors (Lipinski definition) is 0. The molecule has 2 aliphatic carbocycles. The molecule has 3 aliphatic rings. The third-order valence-corrected chi connectivity index (χ3v) is 16.8. The topological polar surface area (TPSA) is 0 Å². The molecule has 3 rings (SSSR count). The quantitative estimate of drug-likeness (QED) is 0.586. The van der Waals surface area contributed by atoms with Gasteiger partial charge in [0.25, 0.3) is 0 Å². The van der Waals surface area contributed by atoms with Crippen LogP contribution in [0.5, 0.6) is 0 Å². The van der Waals surface area contributed by atoms with Crippen LogP contribution < -0.4 is 24.8 Å². The molecule has 0 aromatic rings. The summed E-state index contributed by atoms with van der Waals surface area (Å²) in [6, 6.07) is 0. The van der Waals surface area contributed by atoms with Crippen LogP contribution in [0.4, 0.5) is 0 Å². The second-order valence-corrected chi connectivity index (χ2v) is 16.9. The van der Waals surface area contributed by atoms with Crippen LogP contribution in [0.1, 0.15) is 34.1 Å². The average Bonchev–Trinajstić information content (AvgIpc) is 2.86. The Morgan fingerprint density at radius 1 is 1.05 bits per heavy atom. The molecule has 0 amide bonds. The van der Waals surface area contributed by atoms with Gasteiger partial charge in [-0.2, -0.15) is 0 Å². The van der Waals surface area contributed by atoms with E-state index >= 15 is 0 Å². The second-order valence-electron chi connectivity index (χ2n) is 6.21.